The molecule has 2 rings (SSSR count). The lowest BCUT2D eigenvalue weighted by molar-refractivity contribution is -0.0498. The minimum Gasteiger partial charge on any atom is -0.435 e. The van der Waals surface area contributed by atoms with Crippen molar-refractivity contribution < 1.29 is 21.9 Å². The number of hydrogen-bond donors (Lipinski definition) is 1. The lowest BCUT2D eigenvalue weighted by atomic mass is 10.2. The zero-order chi connectivity index (χ0) is 16.3. The smallest absolute Gasteiger partial charge is 0.387 e. The predicted octanol–water partition coefficient (Wildman–Crippen LogP) is 4.05. The maximum Gasteiger partial charge on any atom is 0.387 e. The summed E-state index contributed by atoms with van der Waals surface area (Å²) >= 11 is 5.91. The van der Waals surface area contributed by atoms with Crippen LogP contribution in [0.4, 0.5) is 14.5 Å². The fraction of sp³-hybridized carbons (Fsp3) is 0.143. The van der Waals surface area contributed by atoms with Gasteiger partial charge in [0.1, 0.15) is 5.75 Å². The molecule has 0 fully saturated rings. The SMILES string of the molecule is Cc1ccc(S(=O)(=O)Nc2ccc(OC(F)F)cc2)cc1Cl. The molecule has 0 unspecified atom stereocenters. The van der Waals surface area contributed by atoms with Gasteiger partial charge in [-0.05, 0) is 48.9 Å². The van der Waals surface area contributed by atoms with Crippen LogP contribution in [0.1, 0.15) is 5.56 Å². The third kappa shape index (κ3) is 4.08. The van der Waals surface area contributed by atoms with Gasteiger partial charge in [-0.15, -0.1) is 0 Å². The van der Waals surface area contributed by atoms with Crippen LogP contribution < -0.4 is 9.46 Å². The van der Waals surface area contributed by atoms with Crippen molar-refractivity contribution in [2.24, 2.45) is 0 Å². The normalized spacial score (nSPS) is 11.5. The summed E-state index contributed by atoms with van der Waals surface area (Å²) in [6.45, 7) is -1.18. The Morgan fingerprint density at radius 2 is 1.77 bits per heavy atom. The number of sulfonamides is 1. The van der Waals surface area contributed by atoms with E-state index in [4.69, 9.17) is 11.6 Å². The summed E-state index contributed by atoms with van der Waals surface area (Å²) in [5.41, 5.74) is 0.979. The number of aryl methyl sites for hydroxylation is 1. The highest BCUT2D eigenvalue weighted by molar-refractivity contribution is 7.92. The number of nitrogens with one attached hydrogen (secondary N) is 1. The van der Waals surface area contributed by atoms with Gasteiger partial charge in [0.2, 0.25) is 0 Å². The van der Waals surface area contributed by atoms with Crippen molar-refractivity contribution in [1.82, 2.24) is 0 Å². The Hall–Kier alpha value is -1.86. The Morgan fingerprint density at radius 3 is 2.32 bits per heavy atom. The van der Waals surface area contributed by atoms with E-state index in [9.17, 15) is 17.2 Å². The van der Waals surface area contributed by atoms with Crippen LogP contribution in [0, 0.1) is 6.92 Å². The van der Waals surface area contributed by atoms with E-state index in [0.29, 0.717) is 5.02 Å². The van der Waals surface area contributed by atoms with Crippen molar-refractivity contribution >= 4 is 27.3 Å². The molecule has 8 heteroatoms. The summed E-state index contributed by atoms with van der Waals surface area (Å²) in [6, 6.07) is 9.50. The fourth-order valence-corrected chi connectivity index (χ4v) is 2.99. The molecule has 0 saturated heterocycles. The lowest BCUT2D eigenvalue weighted by Gasteiger charge is -2.10. The van der Waals surface area contributed by atoms with Crippen molar-refractivity contribution in [3.05, 3.63) is 53.1 Å². The predicted molar refractivity (Wildman–Crippen MR) is 80.1 cm³/mol. The monoisotopic (exact) mass is 347 g/mol. The van der Waals surface area contributed by atoms with Gasteiger partial charge < -0.3 is 4.74 Å². The molecule has 0 bridgehead atoms. The van der Waals surface area contributed by atoms with Crippen molar-refractivity contribution in [1.29, 1.82) is 0 Å². The average Bonchev–Trinajstić information content (AvgIpc) is 2.43. The fourth-order valence-electron chi connectivity index (χ4n) is 1.66. The number of hydrogen-bond acceptors (Lipinski definition) is 3. The second-order valence-electron chi connectivity index (χ2n) is 4.42. The van der Waals surface area contributed by atoms with E-state index < -0.39 is 16.6 Å². The maximum absolute atomic E-state index is 12.2. The van der Waals surface area contributed by atoms with Crippen LogP contribution in [0.3, 0.4) is 0 Å². The van der Waals surface area contributed by atoms with Crippen LogP contribution >= 0.6 is 11.6 Å². The van der Waals surface area contributed by atoms with E-state index in [0.717, 1.165) is 5.56 Å². The number of alkyl halides is 2. The summed E-state index contributed by atoms with van der Waals surface area (Å²) in [6.07, 6.45) is 0. The topological polar surface area (TPSA) is 55.4 Å². The van der Waals surface area contributed by atoms with Crippen molar-refractivity contribution in [3.8, 4) is 5.75 Å². The highest BCUT2D eigenvalue weighted by Gasteiger charge is 2.15. The number of anilines is 1. The molecule has 0 heterocycles. The van der Waals surface area contributed by atoms with Crippen LogP contribution in [0.25, 0.3) is 0 Å². The van der Waals surface area contributed by atoms with Crippen LogP contribution in [0.2, 0.25) is 5.02 Å². The molecule has 0 atom stereocenters. The van der Waals surface area contributed by atoms with Crippen LogP contribution in [-0.4, -0.2) is 15.0 Å². The second-order valence-corrected chi connectivity index (χ2v) is 6.51. The first-order valence-electron chi connectivity index (χ1n) is 6.12. The zero-order valence-corrected chi connectivity index (χ0v) is 13.0. The quantitative estimate of drug-likeness (QED) is 0.887. The Morgan fingerprint density at radius 1 is 1.14 bits per heavy atom. The van der Waals surface area contributed by atoms with Gasteiger partial charge in [0, 0.05) is 10.7 Å². The minimum atomic E-state index is -3.81. The lowest BCUT2D eigenvalue weighted by Crippen LogP contribution is -2.13. The van der Waals surface area contributed by atoms with Crippen molar-refractivity contribution in [3.63, 3.8) is 0 Å². The molecule has 0 aromatic heterocycles. The molecular formula is C14H12ClF2NO3S. The molecule has 2 aromatic carbocycles. The van der Waals surface area contributed by atoms with Gasteiger partial charge >= 0.3 is 6.61 Å². The van der Waals surface area contributed by atoms with Crippen molar-refractivity contribution in [2.45, 2.75) is 18.4 Å². The van der Waals surface area contributed by atoms with Crippen LogP contribution in [0.5, 0.6) is 5.75 Å². The molecule has 22 heavy (non-hydrogen) atoms. The van der Waals surface area contributed by atoms with Crippen LogP contribution in [0.15, 0.2) is 47.4 Å². The van der Waals surface area contributed by atoms with Gasteiger partial charge in [-0.2, -0.15) is 8.78 Å². The molecule has 0 aliphatic heterocycles. The third-order valence-electron chi connectivity index (χ3n) is 2.79. The zero-order valence-electron chi connectivity index (χ0n) is 11.4. The first kappa shape index (κ1) is 16.5. The van der Waals surface area contributed by atoms with Gasteiger partial charge in [0.15, 0.2) is 0 Å². The standard InChI is InChI=1S/C14H12ClF2NO3S/c1-9-2-7-12(8-13(9)15)22(19,20)18-10-3-5-11(6-4-10)21-14(16)17/h2-8,14,18H,1H3. The highest BCUT2D eigenvalue weighted by atomic mass is 35.5. The molecular weight excluding hydrogens is 336 g/mol. The Labute approximate surface area is 131 Å². The van der Waals surface area contributed by atoms with Gasteiger partial charge in [-0.1, -0.05) is 17.7 Å². The Bertz CT molecular complexity index is 764. The third-order valence-corrected chi connectivity index (χ3v) is 4.57. The van der Waals surface area contributed by atoms with E-state index in [1.807, 2.05) is 0 Å². The maximum atomic E-state index is 12.2. The van der Waals surface area contributed by atoms with Gasteiger partial charge in [-0.25, -0.2) is 8.42 Å². The number of ether oxygens (including phenoxy) is 1. The first-order chi connectivity index (χ1) is 10.3. The molecule has 0 spiro atoms. The Kier molecular flexibility index (Phi) is 4.87. The largest absolute Gasteiger partial charge is 0.435 e. The molecule has 0 aliphatic rings. The summed E-state index contributed by atoms with van der Waals surface area (Å²) in [5.74, 6) is -0.0590. The Balaban J connectivity index is 2.19. The van der Waals surface area contributed by atoms with Crippen molar-refractivity contribution in [2.75, 3.05) is 4.72 Å². The van der Waals surface area contributed by atoms with Crippen LogP contribution in [-0.2, 0) is 10.0 Å². The second kappa shape index (κ2) is 6.50. The first-order valence-corrected chi connectivity index (χ1v) is 7.98. The summed E-state index contributed by atoms with van der Waals surface area (Å²) in [7, 11) is -3.81. The van der Waals surface area contributed by atoms with Gasteiger partial charge in [-0.3, -0.25) is 4.72 Å². The van der Waals surface area contributed by atoms with E-state index in [2.05, 4.69) is 9.46 Å². The van der Waals surface area contributed by atoms with E-state index >= 15 is 0 Å². The molecule has 0 saturated carbocycles. The molecule has 2 aromatic rings. The van der Waals surface area contributed by atoms with E-state index in [-0.39, 0.29) is 16.3 Å². The minimum absolute atomic E-state index is 0.0102. The average molecular weight is 348 g/mol. The van der Waals surface area contributed by atoms with E-state index in [1.54, 1.807) is 13.0 Å². The van der Waals surface area contributed by atoms with E-state index in [1.165, 1.54) is 36.4 Å². The molecule has 4 nitrogen and oxygen atoms in total. The number of benzene rings is 2. The number of halogens is 3. The highest BCUT2D eigenvalue weighted by Crippen LogP contribution is 2.23. The molecule has 1 N–H and O–H groups in total. The van der Waals surface area contributed by atoms with Gasteiger partial charge in [0.25, 0.3) is 10.0 Å². The summed E-state index contributed by atoms with van der Waals surface area (Å²) < 4.78 is 55.0. The molecule has 0 aliphatic carbocycles. The molecule has 0 amide bonds. The summed E-state index contributed by atoms with van der Waals surface area (Å²) in [4.78, 5) is 0.0102. The number of rotatable bonds is 5. The summed E-state index contributed by atoms with van der Waals surface area (Å²) in [5, 5.41) is 0.337. The van der Waals surface area contributed by atoms with Gasteiger partial charge in [0.05, 0.1) is 4.90 Å². The molecule has 118 valence electrons. The molecule has 0 radical (unpaired) electrons.